The molecule has 0 aromatic heterocycles. The molecule has 2 N–H and O–H groups in total. The van der Waals surface area contributed by atoms with E-state index in [1.807, 2.05) is 0 Å². The first-order chi connectivity index (χ1) is 8.51. The molecule has 1 aromatic carbocycles. The average Bonchev–Trinajstić information content (AvgIpc) is 2.54. The number of phenolic OH excluding ortho intramolecular Hbond substituents is 1. The predicted octanol–water partition coefficient (Wildman–Crippen LogP) is -0.0972. The molecule has 1 saturated heterocycles. The van der Waals surface area contributed by atoms with Gasteiger partial charge in [0.2, 0.25) is 15.9 Å². The average molecular weight is 270 g/mol. The van der Waals surface area contributed by atoms with E-state index in [0.29, 0.717) is 13.0 Å². The van der Waals surface area contributed by atoms with Gasteiger partial charge in [-0.25, -0.2) is 8.42 Å². The highest BCUT2D eigenvalue weighted by Crippen LogP contribution is 2.25. The van der Waals surface area contributed by atoms with Crippen LogP contribution in [0.2, 0.25) is 0 Å². The topological polar surface area (TPSA) is 86.7 Å². The number of hydrogen-bond donors (Lipinski definition) is 2. The van der Waals surface area contributed by atoms with E-state index >= 15 is 0 Å². The lowest BCUT2D eigenvalue weighted by Gasteiger charge is -2.19. The summed E-state index contributed by atoms with van der Waals surface area (Å²) in [6, 6.07) is 5.71. The van der Waals surface area contributed by atoms with Crippen molar-refractivity contribution in [3.8, 4) is 5.75 Å². The molecular weight excluding hydrogens is 256 g/mol. The van der Waals surface area contributed by atoms with Crippen LogP contribution >= 0.6 is 0 Å². The van der Waals surface area contributed by atoms with Crippen LogP contribution in [0.5, 0.6) is 5.75 Å². The van der Waals surface area contributed by atoms with Crippen molar-refractivity contribution in [1.29, 1.82) is 0 Å². The normalized spacial score (nSPS) is 18.1. The Morgan fingerprint density at radius 3 is 2.72 bits per heavy atom. The van der Waals surface area contributed by atoms with Crippen LogP contribution in [0.25, 0.3) is 0 Å². The third kappa shape index (κ3) is 2.46. The van der Waals surface area contributed by atoms with Crippen LogP contribution in [0, 0.1) is 0 Å². The summed E-state index contributed by atoms with van der Waals surface area (Å²) in [5.41, 5.74) is 0. The Morgan fingerprint density at radius 2 is 2.00 bits per heavy atom. The largest absolute Gasteiger partial charge is 0.507 e. The number of carbonyl (C=O) groups is 1. The highest BCUT2D eigenvalue weighted by molar-refractivity contribution is 7.89. The number of amides is 1. The Labute approximate surface area is 105 Å². The standard InChI is InChI=1S/C11H14N2O4S/c14-9-4-1-2-5-10(9)18(16,17)13-7-3-6-12-11(15)8-13/h1-2,4-5,14H,3,6-8H2,(H,12,15). The minimum atomic E-state index is -3.83. The number of nitrogens with one attached hydrogen (secondary N) is 1. The van der Waals surface area contributed by atoms with Crippen molar-refractivity contribution in [2.24, 2.45) is 0 Å². The molecule has 6 nitrogen and oxygen atoms in total. The Bertz CT molecular complexity index is 556. The Hall–Kier alpha value is -1.60. The van der Waals surface area contributed by atoms with Crippen LogP contribution < -0.4 is 5.32 Å². The molecule has 1 aromatic rings. The molecule has 0 aliphatic carbocycles. The molecule has 7 heteroatoms. The maximum absolute atomic E-state index is 12.3. The van der Waals surface area contributed by atoms with Gasteiger partial charge in [0.05, 0.1) is 6.54 Å². The zero-order chi connectivity index (χ0) is 13.2. The van der Waals surface area contributed by atoms with Crippen molar-refractivity contribution < 1.29 is 18.3 Å². The molecule has 0 spiro atoms. The van der Waals surface area contributed by atoms with Crippen molar-refractivity contribution in [3.05, 3.63) is 24.3 Å². The SMILES string of the molecule is O=C1CN(S(=O)(=O)c2ccccc2O)CCCN1. The fourth-order valence-electron chi connectivity index (χ4n) is 1.80. The minimum Gasteiger partial charge on any atom is -0.507 e. The van der Waals surface area contributed by atoms with E-state index in [9.17, 15) is 18.3 Å². The summed E-state index contributed by atoms with van der Waals surface area (Å²) in [6.07, 6.45) is 0.554. The lowest BCUT2D eigenvalue weighted by atomic mass is 10.3. The second kappa shape index (κ2) is 4.95. The first-order valence-electron chi connectivity index (χ1n) is 5.56. The van der Waals surface area contributed by atoms with Gasteiger partial charge in [0, 0.05) is 13.1 Å². The molecule has 2 rings (SSSR count). The second-order valence-electron chi connectivity index (χ2n) is 4.01. The summed E-state index contributed by atoms with van der Waals surface area (Å²) in [7, 11) is -3.83. The van der Waals surface area contributed by atoms with Crippen LogP contribution in [-0.4, -0.2) is 43.4 Å². The molecule has 0 radical (unpaired) electrons. The maximum Gasteiger partial charge on any atom is 0.247 e. The molecule has 18 heavy (non-hydrogen) atoms. The van der Waals surface area contributed by atoms with Gasteiger partial charge in [-0.1, -0.05) is 12.1 Å². The molecule has 1 heterocycles. The monoisotopic (exact) mass is 270 g/mol. The number of carbonyl (C=O) groups excluding carboxylic acids is 1. The van der Waals surface area contributed by atoms with Gasteiger partial charge in [0.25, 0.3) is 0 Å². The number of hydrogen-bond acceptors (Lipinski definition) is 4. The second-order valence-corrected chi connectivity index (χ2v) is 5.92. The van der Waals surface area contributed by atoms with Crippen molar-refractivity contribution in [1.82, 2.24) is 9.62 Å². The fourth-order valence-corrected chi connectivity index (χ4v) is 3.32. The van der Waals surface area contributed by atoms with Gasteiger partial charge in [-0.15, -0.1) is 0 Å². The van der Waals surface area contributed by atoms with E-state index in [1.165, 1.54) is 18.2 Å². The van der Waals surface area contributed by atoms with Gasteiger partial charge in [0.1, 0.15) is 10.6 Å². The summed E-state index contributed by atoms with van der Waals surface area (Å²) in [6.45, 7) is 0.512. The number of aromatic hydroxyl groups is 1. The molecule has 0 bridgehead atoms. The molecule has 1 fully saturated rings. The third-order valence-corrected chi connectivity index (χ3v) is 4.60. The number of benzene rings is 1. The number of sulfonamides is 1. The van der Waals surface area contributed by atoms with Gasteiger partial charge < -0.3 is 10.4 Å². The summed E-state index contributed by atoms with van der Waals surface area (Å²) >= 11 is 0. The number of para-hydroxylation sites is 1. The van der Waals surface area contributed by atoms with E-state index in [-0.39, 0.29) is 29.6 Å². The smallest absolute Gasteiger partial charge is 0.247 e. The summed E-state index contributed by atoms with van der Waals surface area (Å²) < 4.78 is 25.7. The number of rotatable bonds is 2. The van der Waals surface area contributed by atoms with Gasteiger partial charge in [-0.3, -0.25) is 4.79 Å². The zero-order valence-corrected chi connectivity index (χ0v) is 10.5. The van der Waals surface area contributed by atoms with Crippen LogP contribution in [0.3, 0.4) is 0 Å². The molecular formula is C11H14N2O4S. The van der Waals surface area contributed by atoms with Crippen molar-refractivity contribution >= 4 is 15.9 Å². The van der Waals surface area contributed by atoms with Crippen LogP contribution in [0.15, 0.2) is 29.2 Å². The molecule has 0 saturated carbocycles. The van der Waals surface area contributed by atoms with Gasteiger partial charge in [-0.2, -0.15) is 4.31 Å². The van der Waals surface area contributed by atoms with E-state index in [1.54, 1.807) is 6.07 Å². The van der Waals surface area contributed by atoms with Gasteiger partial charge in [-0.05, 0) is 18.6 Å². The fraction of sp³-hybridized carbons (Fsp3) is 0.364. The van der Waals surface area contributed by atoms with Gasteiger partial charge >= 0.3 is 0 Å². The van der Waals surface area contributed by atoms with E-state index in [0.717, 1.165) is 4.31 Å². The van der Waals surface area contributed by atoms with Crippen LogP contribution in [0.4, 0.5) is 0 Å². The number of nitrogens with zero attached hydrogens (tertiary/aromatic N) is 1. The first kappa shape index (κ1) is 12.8. The molecule has 0 atom stereocenters. The third-order valence-electron chi connectivity index (χ3n) is 2.71. The summed E-state index contributed by atoms with van der Waals surface area (Å²) in [4.78, 5) is 11.2. The van der Waals surface area contributed by atoms with Gasteiger partial charge in [0.15, 0.2) is 0 Å². The summed E-state index contributed by atoms with van der Waals surface area (Å²) in [5, 5.41) is 12.2. The Kier molecular flexibility index (Phi) is 3.53. The highest BCUT2D eigenvalue weighted by Gasteiger charge is 2.29. The Balaban J connectivity index is 2.36. The van der Waals surface area contributed by atoms with Crippen LogP contribution in [0.1, 0.15) is 6.42 Å². The lowest BCUT2D eigenvalue weighted by Crippen LogP contribution is -2.37. The van der Waals surface area contributed by atoms with E-state index < -0.39 is 10.0 Å². The summed E-state index contributed by atoms with van der Waals surface area (Å²) in [5.74, 6) is -0.631. The molecule has 0 unspecified atom stereocenters. The van der Waals surface area contributed by atoms with Crippen molar-refractivity contribution in [2.45, 2.75) is 11.3 Å². The van der Waals surface area contributed by atoms with Crippen molar-refractivity contribution in [3.63, 3.8) is 0 Å². The molecule has 1 aliphatic rings. The van der Waals surface area contributed by atoms with E-state index in [4.69, 9.17) is 0 Å². The van der Waals surface area contributed by atoms with Crippen molar-refractivity contribution in [2.75, 3.05) is 19.6 Å². The Morgan fingerprint density at radius 1 is 1.28 bits per heavy atom. The minimum absolute atomic E-state index is 0.167. The quantitative estimate of drug-likeness (QED) is 0.786. The molecule has 1 aliphatic heterocycles. The first-order valence-corrected chi connectivity index (χ1v) is 7.00. The number of phenols is 1. The molecule has 98 valence electrons. The van der Waals surface area contributed by atoms with E-state index in [2.05, 4.69) is 5.32 Å². The highest BCUT2D eigenvalue weighted by atomic mass is 32.2. The predicted molar refractivity (Wildman–Crippen MR) is 64.5 cm³/mol. The lowest BCUT2D eigenvalue weighted by molar-refractivity contribution is -0.120. The maximum atomic E-state index is 12.3. The van der Waals surface area contributed by atoms with Crippen LogP contribution in [-0.2, 0) is 14.8 Å². The molecule has 1 amide bonds. The zero-order valence-electron chi connectivity index (χ0n) is 9.67.